The Labute approximate surface area is 93.4 Å². The van der Waals surface area contributed by atoms with Gasteiger partial charge in [-0.3, -0.25) is 5.32 Å². The van der Waals surface area contributed by atoms with E-state index in [1.54, 1.807) is 17.8 Å². The van der Waals surface area contributed by atoms with Gasteiger partial charge in [0.2, 0.25) is 0 Å². The summed E-state index contributed by atoms with van der Waals surface area (Å²) in [6.45, 7) is 6.18. The highest BCUT2D eigenvalue weighted by atomic mass is 32.1. The SMILES string of the molecule is CC(C)(C)/C=C/NC(=O)Nc1nccs1. The Morgan fingerprint density at radius 3 is 2.80 bits per heavy atom. The summed E-state index contributed by atoms with van der Waals surface area (Å²) >= 11 is 1.38. The van der Waals surface area contributed by atoms with Crippen LogP contribution >= 0.6 is 11.3 Å². The van der Waals surface area contributed by atoms with Crippen LogP contribution < -0.4 is 10.6 Å². The number of allylic oxidation sites excluding steroid dienone is 1. The number of thiazole rings is 1. The molecule has 1 aromatic heterocycles. The summed E-state index contributed by atoms with van der Waals surface area (Å²) in [5, 5.41) is 7.63. The van der Waals surface area contributed by atoms with E-state index < -0.39 is 0 Å². The van der Waals surface area contributed by atoms with Crippen LogP contribution in [0.2, 0.25) is 0 Å². The van der Waals surface area contributed by atoms with Gasteiger partial charge < -0.3 is 5.32 Å². The topological polar surface area (TPSA) is 54.0 Å². The largest absolute Gasteiger partial charge is 0.324 e. The summed E-state index contributed by atoms with van der Waals surface area (Å²) in [6.07, 6.45) is 5.21. The second-order valence-electron chi connectivity index (χ2n) is 4.14. The molecule has 5 heteroatoms. The molecule has 0 saturated carbocycles. The molecule has 15 heavy (non-hydrogen) atoms. The lowest BCUT2D eigenvalue weighted by atomic mass is 9.97. The predicted octanol–water partition coefficient (Wildman–Crippen LogP) is 2.82. The summed E-state index contributed by atoms with van der Waals surface area (Å²) in [5.41, 5.74) is 0.0640. The molecule has 0 radical (unpaired) electrons. The molecule has 0 spiro atoms. The number of hydrogen-bond donors (Lipinski definition) is 2. The molecule has 0 aliphatic heterocycles. The summed E-state index contributed by atoms with van der Waals surface area (Å²) in [7, 11) is 0. The zero-order valence-corrected chi connectivity index (χ0v) is 9.89. The normalized spacial score (nSPS) is 11.7. The summed E-state index contributed by atoms with van der Waals surface area (Å²) in [6, 6.07) is -0.273. The first-order chi connectivity index (χ1) is 6.97. The Hall–Kier alpha value is -1.36. The van der Waals surface area contributed by atoms with Gasteiger partial charge in [0.25, 0.3) is 0 Å². The first-order valence-corrected chi connectivity index (χ1v) is 5.50. The fraction of sp³-hybridized carbons (Fsp3) is 0.400. The van der Waals surface area contributed by atoms with Crippen molar-refractivity contribution in [1.82, 2.24) is 10.3 Å². The predicted molar refractivity (Wildman–Crippen MR) is 62.9 cm³/mol. The van der Waals surface area contributed by atoms with Gasteiger partial charge in [-0.25, -0.2) is 9.78 Å². The summed E-state index contributed by atoms with van der Waals surface area (Å²) in [4.78, 5) is 15.2. The number of urea groups is 1. The lowest BCUT2D eigenvalue weighted by Gasteiger charge is -2.10. The van der Waals surface area contributed by atoms with Gasteiger partial charge in [0.1, 0.15) is 0 Å². The third-order valence-corrected chi connectivity index (χ3v) is 2.14. The van der Waals surface area contributed by atoms with Crippen molar-refractivity contribution in [3.63, 3.8) is 0 Å². The van der Waals surface area contributed by atoms with Crippen LogP contribution in [0.15, 0.2) is 23.9 Å². The first-order valence-electron chi connectivity index (χ1n) is 4.62. The van der Waals surface area contributed by atoms with E-state index in [0.29, 0.717) is 5.13 Å². The van der Waals surface area contributed by atoms with Crippen LogP contribution in [-0.4, -0.2) is 11.0 Å². The number of carbonyl (C=O) groups is 1. The van der Waals surface area contributed by atoms with Crippen LogP contribution in [0.3, 0.4) is 0 Å². The van der Waals surface area contributed by atoms with E-state index >= 15 is 0 Å². The molecule has 0 atom stereocenters. The molecular weight excluding hydrogens is 210 g/mol. The zero-order chi connectivity index (χ0) is 11.3. The Balaban J connectivity index is 2.35. The molecule has 0 bridgehead atoms. The first kappa shape index (κ1) is 11.7. The van der Waals surface area contributed by atoms with E-state index in [1.165, 1.54) is 11.3 Å². The van der Waals surface area contributed by atoms with Gasteiger partial charge >= 0.3 is 6.03 Å². The van der Waals surface area contributed by atoms with Crippen LogP contribution in [0.25, 0.3) is 0 Å². The molecular formula is C10H15N3OS. The molecule has 1 rings (SSSR count). The highest BCUT2D eigenvalue weighted by Gasteiger charge is 2.04. The molecule has 0 aliphatic carbocycles. The van der Waals surface area contributed by atoms with Crippen LogP contribution in [0.5, 0.6) is 0 Å². The molecule has 4 nitrogen and oxygen atoms in total. The highest BCUT2D eigenvalue weighted by Crippen LogP contribution is 2.13. The number of rotatable bonds is 2. The molecule has 82 valence electrons. The monoisotopic (exact) mass is 225 g/mol. The van der Waals surface area contributed by atoms with Crippen molar-refractivity contribution in [2.45, 2.75) is 20.8 Å². The minimum absolute atomic E-state index is 0.0640. The van der Waals surface area contributed by atoms with Crippen LogP contribution in [0.4, 0.5) is 9.93 Å². The third kappa shape index (κ3) is 5.17. The van der Waals surface area contributed by atoms with Crippen LogP contribution in [0.1, 0.15) is 20.8 Å². The maximum atomic E-state index is 11.3. The Kier molecular flexibility index (Phi) is 3.85. The van der Waals surface area contributed by atoms with Gasteiger partial charge in [-0.05, 0) is 5.41 Å². The average Bonchev–Trinajstić information content (AvgIpc) is 2.54. The van der Waals surface area contributed by atoms with Crippen molar-refractivity contribution in [3.05, 3.63) is 23.9 Å². The second-order valence-corrected chi connectivity index (χ2v) is 5.03. The number of nitrogens with one attached hydrogen (secondary N) is 2. The third-order valence-electron chi connectivity index (χ3n) is 1.45. The molecule has 2 N–H and O–H groups in total. The van der Waals surface area contributed by atoms with E-state index in [9.17, 15) is 4.79 Å². The number of amides is 2. The maximum Gasteiger partial charge on any atom is 0.324 e. The van der Waals surface area contributed by atoms with Gasteiger partial charge in [-0.2, -0.15) is 0 Å². The summed E-state index contributed by atoms with van der Waals surface area (Å²) < 4.78 is 0. The number of nitrogens with zero attached hydrogens (tertiary/aromatic N) is 1. The Morgan fingerprint density at radius 2 is 2.27 bits per heavy atom. The molecule has 0 unspecified atom stereocenters. The van der Waals surface area contributed by atoms with Crippen molar-refractivity contribution in [2.75, 3.05) is 5.32 Å². The minimum Gasteiger partial charge on any atom is -0.315 e. The van der Waals surface area contributed by atoms with Crippen molar-refractivity contribution in [2.24, 2.45) is 5.41 Å². The molecule has 2 amide bonds. The maximum absolute atomic E-state index is 11.3. The van der Waals surface area contributed by atoms with E-state index in [0.717, 1.165) is 0 Å². The van der Waals surface area contributed by atoms with Crippen molar-refractivity contribution in [1.29, 1.82) is 0 Å². The molecule has 1 aromatic rings. The number of hydrogen-bond acceptors (Lipinski definition) is 3. The van der Waals surface area contributed by atoms with E-state index in [4.69, 9.17) is 0 Å². The fourth-order valence-corrected chi connectivity index (χ4v) is 1.31. The van der Waals surface area contributed by atoms with E-state index in [1.807, 2.05) is 6.08 Å². The standard InChI is InChI=1S/C10H15N3OS/c1-10(2,3)4-5-11-8(14)13-9-12-6-7-15-9/h4-7H,1-3H3,(H2,11,12,13,14)/b5-4+. The number of anilines is 1. The number of aromatic nitrogens is 1. The van der Waals surface area contributed by atoms with Gasteiger partial charge in [0, 0.05) is 17.8 Å². The quantitative estimate of drug-likeness (QED) is 0.813. The van der Waals surface area contributed by atoms with Crippen molar-refractivity contribution < 1.29 is 4.79 Å². The summed E-state index contributed by atoms with van der Waals surface area (Å²) in [5.74, 6) is 0. The van der Waals surface area contributed by atoms with Crippen LogP contribution in [-0.2, 0) is 0 Å². The lowest BCUT2D eigenvalue weighted by Crippen LogP contribution is -2.24. The molecule has 0 fully saturated rings. The number of carbonyl (C=O) groups excluding carboxylic acids is 1. The molecule has 1 heterocycles. The minimum atomic E-state index is -0.273. The molecule has 0 aromatic carbocycles. The fourth-order valence-electron chi connectivity index (χ4n) is 0.786. The lowest BCUT2D eigenvalue weighted by molar-refractivity contribution is 0.255. The van der Waals surface area contributed by atoms with E-state index in [2.05, 4.69) is 36.4 Å². The van der Waals surface area contributed by atoms with Crippen molar-refractivity contribution in [3.8, 4) is 0 Å². The zero-order valence-electron chi connectivity index (χ0n) is 9.07. The van der Waals surface area contributed by atoms with E-state index in [-0.39, 0.29) is 11.4 Å². The average molecular weight is 225 g/mol. The van der Waals surface area contributed by atoms with Gasteiger partial charge in [-0.1, -0.05) is 26.8 Å². The van der Waals surface area contributed by atoms with Gasteiger partial charge in [-0.15, -0.1) is 11.3 Å². The highest BCUT2D eigenvalue weighted by molar-refractivity contribution is 7.13. The smallest absolute Gasteiger partial charge is 0.315 e. The molecule has 0 aliphatic rings. The van der Waals surface area contributed by atoms with Gasteiger partial charge in [0.05, 0.1) is 0 Å². The molecule has 0 saturated heterocycles. The second kappa shape index (κ2) is 4.93. The van der Waals surface area contributed by atoms with Gasteiger partial charge in [0.15, 0.2) is 5.13 Å². The van der Waals surface area contributed by atoms with Crippen molar-refractivity contribution >= 4 is 22.5 Å². The Bertz CT molecular complexity index is 338. The Morgan fingerprint density at radius 1 is 1.53 bits per heavy atom. The van der Waals surface area contributed by atoms with Crippen LogP contribution in [0, 0.1) is 5.41 Å².